The van der Waals surface area contributed by atoms with E-state index in [1.165, 1.54) is 16.7 Å². The van der Waals surface area contributed by atoms with Gasteiger partial charge in [0.2, 0.25) is 0 Å². The molecule has 0 atom stereocenters. The summed E-state index contributed by atoms with van der Waals surface area (Å²) in [5.41, 5.74) is 4.39. The third kappa shape index (κ3) is 2.45. The van der Waals surface area contributed by atoms with E-state index in [-0.39, 0.29) is 0 Å². The second-order valence-corrected chi connectivity index (χ2v) is 3.33. The van der Waals surface area contributed by atoms with E-state index in [0.29, 0.717) is 0 Å². The summed E-state index contributed by atoms with van der Waals surface area (Å²) in [4.78, 5) is 0. The first-order valence-corrected chi connectivity index (χ1v) is 5.03. The molecule has 0 radical (unpaired) electrons. The smallest absolute Gasteiger partial charge is 0.0225 e. The van der Waals surface area contributed by atoms with Gasteiger partial charge in [-0.25, -0.2) is 0 Å². The minimum Gasteiger partial charge on any atom is -0.0698 e. The van der Waals surface area contributed by atoms with Gasteiger partial charge in [0, 0.05) is 0 Å². The molecular formula is C13H18. The fourth-order valence-corrected chi connectivity index (χ4v) is 1.61. The highest BCUT2D eigenvalue weighted by Gasteiger charge is 2.00. The zero-order valence-electron chi connectivity index (χ0n) is 8.80. The Kier molecular flexibility index (Phi) is 3.75. The first-order chi connectivity index (χ1) is 6.29. The van der Waals surface area contributed by atoms with E-state index in [1.807, 2.05) is 0 Å². The summed E-state index contributed by atoms with van der Waals surface area (Å²) in [6, 6.07) is 10.7. The van der Waals surface area contributed by atoms with Gasteiger partial charge in [-0.15, -0.1) is 0 Å². The lowest BCUT2D eigenvalue weighted by Gasteiger charge is -2.08. The number of hydrogen-bond donors (Lipinski definition) is 0. The highest BCUT2D eigenvalue weighted by molar-refractivity contribution is 5.67. The molecule has 0 bridgehead atoms. The van der Waals surface area contributed by atoms with Crippen molar-refractivity contribution in [1.29, 1.82) is 0 Å². The maximum Gasteiger partial charge on any atom is -0.0225 e. The molecule has 0 nitrogen and oxygen atoms in total. The topological polar surface area (TPSA) is 0 Å². The highest BCUT2D eigenvalue weighted by atomic mass is 14.1. The molecule has 0 unspecified atom stereocenters. The molecule has 0 fully saturated rings. The van der Waals surface area contributed by atoms with Crippen molar-refractivity contribution in [3.63, 3.8) is 0 Å². The third-order valence-electron chi connectivity index (χ3n) is 2.52. The Balaban J connectivity index is 3.05. The molecule has 0 heteroatoms. The second kappa shape index (κ2) is 4.86. The van der Waals surface area contributed by atoms with Crippen molar-refractivity contribution in [3.05, 3.63) is 41.5 Å². The standard InChI is InChI=1S/C13H18/c1-4-11(3)13(5-2)12-9-7-6-8-10-12/h6-10H,4-5H2,1-3H3. The van der Waals surface area contributed by atoms with E-state index >= 15 is 0 Å². The van der Waals surface area contributed by atoms with Gasteiger partial charge in [-0.3, -0.25) is 0 Å². The molecule has 0 aliphatic heterocycles. The molecule has 1 aromatic rings. The summed E-state index contributed by atoms with van der Waals surface area (Å²) in [6.07, 6.45) is 2.28. The van der Waals surface area contributed by atoms with Crippen molar-refractivity contribution in [2.45, 2.75) is 33.6 Å². The number of benzene rings is 1. The van der Waals surface area contributed by atoms with Crippen molar-refractivity contribution in [2.75, 3.05) is 0 Å². The van der Waals surface area contributed by atoms with Crippen LogP contribution in [0.2, 0.25) is 0 Å². The van der Waals surface area contributed by atoms with E-state index in [2.05, 4.69) is 51.1 Å². The van der Waals surface area contributed by atoms with Gasteiger partial charge in [0.15, 0.2) is 0 Å². The highest BCUT2D eigenvalue weighted by Crippen LogP contribution is 2.23. The largest absolute Gasteiger partial charge is 0.0698 e. The van der Waals surface area contributed by atoms with Crippen molar-refractivity contribution in [2.24, 2.45) is 0 Å². The van der Waals surface area contributed by atoms with Gasteiger partial charge in [-0.05, 0) is 30.9 Å². The van der Waals surface area contributed by atoms with Gasteiger partial charge in [0.1, 0.15) is 0 Å². The predicted octanol–water partition coefficient (Wildman–Crippen LogP) is 4.28. The Labute approximate surface area is 81.3 Å². The molecule has 0 N–H and O–H groups in total. The molecule has 70 valence electrons. The molecule has 0 spiro atoms. The second-order valence-electron chi connectivity index (χ2n) is 3.33. The fourth-order valence-electron chi connectivity index (χ4n) is 1.61. The molecule has 13 heavy (non-hydrogen) atoms. The minimum atomic E-state index is 1.13. The van der Waals surface area contributed by atoms with Crippen LogP contribution in [-0.2, 0) is 0 Å². The van der Waals surface area contributed by atoms with Gasteiger partial charge >= 0.3 is 0 Å². The van der Waals surface area contributed by atoms with Gasteiger partial charge in [0.05, 0.1) is 0 Å². The van der Waals surface area contributed by atoms with E-state index < -0.39 is 0 Å². The maximum absolute atomic E-state index is 2.23. The summed E-state index contributed by atoms with van der Waals surface area (Å²) >= 11 is 0. The monoisotopic (exact) mass is 174 g/mol. The SMILES string of the molecule is CCC(C)=C(CC)c1ccccc1. The van der Waals surface area contributed by atoms with Gasteiger partial charge in [-0.1, -0.05) is 49.8 Å². The number of hydrogen-bond acceptors (Lipinski definition) is 0. The van der Waals surface area contributed by atoms with Crippen molar-refractivity contribution < 1.29 is 0 Å². The lowest BCUT2D eigenvalue weighted by Crippen LogP contribution is -1.86. The molecule has 0 aromatic heterocycles. The third-order valence-corrected chi connectivity index (χ3v) is 2.52. The Morgan fingerprint density at radius 3 is 2.08 bits per heavy atom. The van der Waals surface area contributed by atoms with Crippen molar-refractivity contribution in [3.8, 4) is 0 Å². The lowest BCUT2D eigenvalue weighted by molar-refractivity contribution is 1.07. The molecule has 0 aliphatic rings. The molecule has 1 aromatic carbocycles. The van der Waals surface area contributed by atoms with E-state index in [1.54, 1.807) is 0 Å². The zero-order valence-corrected chi connectivity index (χ0v) is 8.80. The normalized spacial score (nSPS) is 12.5. The Morgan fingerprint density at radius 2 is 1.62 bits per heavy atom. The van der Waals surface area contributed by atoms with Crippen molar-refractivity contribution in [1.82, 2.24) is 0 Å². The predicted molar refractivity (Wildman–Crippen MR) is 59.6 cm³/mol. The molecule has 0 amide bonds. The van der Waals surface area contributed by atoms with Crippen LogP contribution in [0.5, 0.6) is 0 Å². The van der Waals surface area contributed by atoms with Crippen molar-refractivity contribution >= 4 is 5.57 Å². The first kappa shape index (κ1) is 10.0. The Bertz CT molecular complexity index is 280. The maximum atomic E-state index is 2.23. The molecule has 0 heterocycles. The van der Waals surface area contributed by atoms with Crippen LogP contribution >= 0.6 is 0 Å². The van der Waals surface area contributed by atoms with Gasteiger partial charge in [-0.2, -0.15) is 0 Å². The number of allylic oxidation sites excluding steroid dienone is 2. The summed E-state index contributed by atoms with van der Waals surface area (Å²) in [6.45, 7) is 6.67. The van der Waals surface area contributed by atoms with Crippen LogP contribution in [0, 0.1) is 0 Å². The average Bonchev–Trinajstić information content (AvgIpc) is 2.20. The number of rotatable bonds is 3. The lowest BCUT2D eigenvalue weighted by atomic mass is 9.97. The Hall–Kier alpha value is -1.04. The van der Waals surface area contributed by atoms with Crippen LogP contribution in [0.1, 0.15) is 39.2 Å². The van der Waals surface area contributed by atoms with Crippen LogP contribution in [0.15, 0.2) is 35.9 Å². The van der Waals surface area contributed by atoms with Gasteiger partial charge in [0.25, 0.3) is 0 Å². The summed E-state index contributed by atoms with van der Waals surface area (Å²) in [5.74, 6) is 0. The van der Waals surface area contributed by atoms with E-state index in [9.17, 15) is 0 Å². The van der Waals surface area contributed by atoms with Crippen LogP contribution in [-0.4, -0.2) is 0 Å². The first-order valence-electron chi connectivity index (χ1n) is 5.03. The van der Waals surface area contributed by atoms with Crippen LogP contribution in [0.4, 0.5) is 0 Å². The average molecular weight is 174 g/mol. The Morgan fingerprint density at radius 1 is 1.00 bits per heavy atom. The quantitative estimate of drug-likeness (QED) is 0.641. The van der Waals surface area contributed by atoms with E-state index in [4.69, 9.17) is 0 Å². The fraction of sp³-hybridized carbons (Fsp3) is 0.385. The minimum absolute atomic E-state index is 1.13. The van der Waals surface area contributed by atoms with Crippen LogP contribution < -0.4 is 0 Å². The van der Waals surface area contributed by atoms with E-state index in [0.717, 1.165) is 12.8 Å². The molecular weight excluding hydrogens is 156 g/mol. The van der Waals surface area contributed by atoms with Gasteiger partial charge < -0.3 is 0 Å². The summed E-state index contributed by atoms with van der Waals surface area (Å²) < 4.78 is 0. The van der Waals surface area contributed by atoms with Crippen LogP contribution in [0.25, 0.3) is 5.57 Å². The molecule has 0 saturated carbocycles. The molecule has 0 aliphatic carbocycles. The molecule has 1 rings (SSSR count). The zero-order chi connectivity index (χ0) is 9.68. The van der Waals surface area contributed by atoms with Crippen LogP contribution in [0.3, 0.4) is 0 Å². The summed E-state index contributed by atoms with van der Waals surface area (Å²) in [5, 5.41) is 0. The summed E-state index contributed by atoms with van der Waals surface area (Å²) in [7, 11) is 0. The molecule has 0 saturated heterocycles.